The summed E-state index contributed by atoms with van der Waals surface area (Å²) >= 11 is 1.05. The third kappa shape index (κ3) is 6.54. The van der Waals surface area contributed by atoms with Crippen LogP contribution in [0, 0.1) is 11.7 Å². The van der Waals surface area contributed by atoms with Crippen LogP contribution in [0.1, 0.15) is 24.2 Å². The van der Waals surface area contributed by atoms with Gasteiger partial charge in [-0.2, -0.15) is 0 Å². The predicted octanol–water partition coefficient (Wildman–Crippen LogP) is 4.07. The number of sulfonamides is 1. The molecule has 0 aliphatic carbocycles. The number of halogens is 1. The van der Waals surface area contributed by atoms with Gasteiger partial charge in [-0.15, -0.1) is 11.3 Å². The summed E-state index contributed by atoms with van der Waals surface area (Å²) in [5, 5.41) is 14.2. The van der Waals surface area contributed by atoms with E-state index in [9.17, 15) is 27.5 Å². The Morgan fingerprint density at radius 1 is 1.23 bits per heavy atom. The number of carbonyl (C=O) groups is 2. The van der Waals surface area contributed by atoms with Gasteiger partial charge in [0.1, 0.15) is 16.1 Å². The van der Waals surface area contributed by atoms with Crippen molar-refractivity contribution in [2.45, 2.75) is 30.2 Å². The zero-order chi connectivity index (χ0) is 29.0. The highest BCUT2D eigenvalue weighted by atomic mass is 32.2. The first kappa shape index (κ1) is 29.3. The first-order chi connectivity index (χ1) is 19.0. The van der Waals surface area contributed by atoms with Crippen LogP contribution < -0.4 is 14.8 Å². The summed E-state index contributed by atoms with van der Waals surface area (Å²) in [5.74, 6) is -1.13. The van der Waals surface area contributed by atoms with Crippen LogP contribution in [0.3, 0.4) is 0 Å². The molecule has 0 radical (unpaired) electrons. The molecule has 3 N–H and O–H groups in total. The number of nitrogens with one attached hydrogen (secondary N) is 2. The Hall–Kier alpha value is -3.68. The third-order valence-electron chi connectivity index (χ3n) is 6.59. The van der Waals surface area contributed by atoms with Crippen LogP contribution in [-0.4, -0.2) is 74.2 Å². The van der Waals surface area contributed by atoms with E-state index in [1.165, 1.54) is 52.3 Å². The van der Waals surface area contributed by atoms with Gasteiger partial charge >= 0.3 is 6.03 Å². The van der Waals surface area contributed by atoms with Crippen LogP contribution in [0.5, 0.6) is 5.75 Å². The minimum Gasteiger partial charge on any atom is -0.485 e. The topological polar surface area (TPSA) is 128 Å². The molecule has 3 atom stereocenters. The Kier molecular flexibility index (Phi) is 8.96. The monoisotopic (exact) mass is 590 g/mol. The molecule has 2 aromatic carbocycles. The van der Waals surface area contributed by atoms with E-state index in [0.29, 0.717) is 5.69 Å². The molecule has 40 heavy (non-hydrogen) atoms. The molecule has 3 aromatic rings. The second-order valence-electron chi connectivity index (χ2n) is 9.66. The van der Waals surface area contributed by atoms with Crippen molar-refractivity contribution in [3.8, 4) is 5.75 Å². The molecule has 214 valence electrons. The van der Waals surface area contributed by atoms with Crippen molar-refractivity contribution in [3.05, 3.63) is 71.4 Å². The average molecular weight is 591 g/mol. The minimum absolute atomic E-state index is 0.0339. The van der Waals surface area contributed by atoms with Crippen LogP contribution >= 0.6 is 11.3 Å². The maximum absolute atomic E-state index is 13.6. The van der Waals surface area contributed by atoms with E-state index < -0.39 is 39.9 Å². The largest absolute Gasteiger partial charge is 0.485 e. The van der Waals surface area contributed by atoms with Gasteiger partial charge in [0.25, 0.3) is 15.9 Å². The molecule has 1 aliphatic rings. The molecule has 0 saturated heterocycles. The fourth-order valence-corrected chi connectivity index (χ4v) is 6.31. The Labute approximate surface area is 236 Å². The van der Waals surface area contributed by atoms with E-state index in [0.717, 1.165) is 11.3 Å². The van der Waals surface area contributed by atoms with Crippen molar-refractivity contribution >= 4 is 44.7 Å². The van der Waals surface area contributed by atoms with Gasteiger partial charge in [0.2, 0.25) is 0 Å². The number of fused-ring (bicyclic) bond motifs is 1. The van der Waals surface area contributed by atoms with Gasteiger partial charge < -0.3 is 25.0 Å². The predicted molar refractivity (Wildman–Crippen MR) is 151 cm³/mol. The van der Waals surface area contributed by atoms with Crippen LogP contribution in [0.25, 0.3) is 0 Å². The molecule has 0 saturated carbocycles. The molecule has 0 fully saturated rings. The molecular weight excluding hydrogens is 559 g/mol. The van der Waals surface area contributed by atoms with Crippen molar-refractivity contribution in [1.29, 1.82) is 0 Å². The van der Waals surface area contributed by atoms with Gasteiger partial charge in [0.15, 0.2) is 5.75 Å². The zero-order valence-corrected chi connectivity index (χ0v) is 23.8. The number of nitrogens with zero attached hydrogens (tertiary/aromatic N) is 2. The van der Waals surface area contributed by atoms with Crippen molar-refractivity contribution in [3.63, 3.8) is 0 Å². The number of benzene rings is 2. The van der Waals surface area contributed by atoms with Crippen LogP contribution in [0.2, 0.25) is 0 Å². The lowest BCUT2D eigenvalue weighted by molar-refractivity contribution is 0.0373. The number of hydrogen-bond donors (Lipinski definition) is 3. The normalized spacial score (nSPS) is 18.1. The van der Waals surface area contributed by atoms with Gasteiger partial charge in [-0.25, -0.2) is 17.6 Å². The zero-order valence-electron chi connectivity index (χ0n) is 22.2. The Morgan fingerprint density at radius 3 is 2.60 bits per heavy atom. The van der Waals surface area contributed by atoms with E-state index in [2.05, 4.69) is 10.0 Å². The number of ether oxygens (including phenoxy) is 1. The second-order valence-corrected chi connectivity index (χ2v) is 12.5. The summed E-state index contributed by atoms with van der Waals surface area (Å²) in [7, 11) is -2.39. The second kappa shape index (κ2) is 12.2. The van der Waals surface area contributed by atoms with Crippen molar-refractivity contribution in [1.82, 2.24) is 9.80 Å². The summed E-state index contributed by atoms with van der Waals surface area (Å²) in [6.07, 6.45) is -0.670. The Morgan fingerprint density at radius 2 is 1.95 bits per heavy atom. The Bertz CT molecular complexity index is 1450. The number of para-hydroxylation sites is 1. The van der Waals surface area contributed by atoms with Crippen molar-refractivity contribution < 1.29 is 32.2 Å². The van der Waals surface area contributed by atoms with E-state index >= 15 is 0 Å². The molecule has 0 unspecified atom stereocenters. The Balaban J connectivity index is 1.67. The van der Waals surface area contributed by atoms with Gasteiger partial charge in [0.05, 0.1) is 30.4 Å². The van der Waals surface area contributed by atoms with Crippen molar-refractivity contribution in [2.75, 3.05) is 36.8 Å². The molecule has 2 heterocycles. The lowest BCUT2D eigenvalue weighted by Crippen LogP contribution is -2.50. The minimum atomic E-state index is -3.96. The molecule has 10 nitrogen and oxygen atoms in total. The van der Waals surface area contributed by atoms with Crippen LogP contribution in [0.15, 0.2) is 64.2 Å². The number of likely N-dealkylation sites (N-methyl/N-ethyl adjacent to an activating group) is 1. The number of hydrogen-bond acceptors (Lipinski definition) is 7. The van der Waals surface area contributed by atoms with Gasteiger partial charge in [-0.1, -0.05) is 19.1 Å². The molecule has 0 bridgehead atoms. The standard InChI is InChI=1S/C27H31FN4O6S2/c1-17-14-32(18(2)16-33)26(34)21-6-4-7-22(30-40(36,37)24-8-5-13-39-24)25(21)38-23(17)15-31(3)27(35)29-20-11-9-19(28)10-12-20/h4-13,17-18,23,30,33H,14-16H2,1-3H3,(H,29,35)/t17-,18+,23+/m1/s1. The van der Waals surface area contributed by atoms with E-state index in [4.69, 9.17) is 4.74 Å². The number of carbonyl (C=O) groups excluding carboxylic acids is 2. The lowest BCUT2D eigenvalue weighted by atomic mass is 9.99. The number of aliphatic hydroxyl groups is 1. The summed E-state index contributed by atoms with van der Waals surface area (Å²) in [5.41, 5.74) is 0.615. The summed E-state index contributed by atoms with van der Waals surface area (Å²) in [4.78, 5) is 29.4. The van der Waals surface area contributed by atoms with Gasteiger partial charge in [-0.3, -0.25) is 9.52 Å². The quantitative estimate of drug-likeness (QED) is 0.363. The summed E-state index contributed by atoms with van der Waals surface area (Å²) < 4.78 is 48.3. The van der Waals surface area contributed by atoms with E-state index in [1.54, 1.807) is 31.5 Å². The fraction of sp³-hybridized carbons (Fsp3) is 0.333. The molecule has 1 aromatic heterocycles. The molecule has 13 heteroatoms. The maximum Gasteiger partial charge on any atom is 0.321 e. The number of rotatable bonds is 8. The van der Waals surface area contributed by atoms with Gasteiger partial charge in [-0.05, 0) is 54.8 Å². The van der Waals surface area contributed by atoms with Crippen LogP contribution in [0.4, 0.5) is 20.6 Å². The molecule has 1 aliphatic heterocycles. The number of urea groups is 1. The first-order valence-corrected chi connectivity index (χ1v) is 14.9. The third-order valence-corrected chi connectivity index (χ3v) is 9.35. The summed E-state index contributed by atoms with van der Waals surface area (Å²) in [6.45, 7) is 3.60. The molecular formula is C27H31FN4O6S2. The highest BCUT2D eigenvalue weighted by Crippen LogP contribution is 2.36. The van der Waals surface area contributed by atoms with Crippen LogP contribution in [-0.2, 0) is 10.0 Å². The molecule has 3 amide bonds. The fourth-order valence-electron chi connectivity index (χ4n) is 4.26. The highest BCUT2D eigenvalue weighted by molar-refractivity contribution is 7.94. The van der Waals surface area contributed by atoms with E-state index in [1.807, 2.05) is 6.92 Å². The average Bonchev–Trinajstić information content (AvgIpc) is 3.48. The SMILES string of the molecule is C[C@@H]1CN([C@@H](C)CO)C(=O)c2cccc(NS(=O)(=O)c3cccs3)c2O[C@H]1CN(C)C(=O)Nc1ccc(F)cc1. The first-order valence-electron chi connectivity index (χ1n) is 12.6. The lowest BCUT2D eigenvalue weighted by Gasteiger charge is -2.38. The number of anilines is 2. The smallest absolute Gasteiger partial charge is 0.321 e. The molecule has 4 rings (SSSR count). The van der Waals surface area contributed by atoms with Gasteiger partial charge in [0, 0.05) is 25.2 Å². The number of amides is 3. The molecule has 0 spiro atoms. The maximum atomic E-state index is 13.6. The van der Waals surface area contributed by atoms with Crippen molar-refractivity contribution in [2.24, 2.45) is 5.92 Å². The number of aliphatic hydroxyl groups excluding tert-OH is 1. The highest BCUT2D eigenvalue weighted by Gasteiger charge is 2.35. The summed E-state index contributed by atoms with van der Waals surface area (Å²) in [6, 6.07) is 12.1. The van der Waals surface area contributed by atoms with E-state index in [-0.39, 0.29) is 46.8 Å². The number of thiophene rings is 1.